The Labute approximate surface area is 178 Å². The lowest BCUT2D eigenvalue weighted by molar-refractivity contribution is -0.119. The van der Waals surface area contributed by atoms with Gasteiger partial charge in [0.1, 0.15) is 0 Å². The molecule has 3 heterocycles. The second kappa shape index (κ2) is 7.98. The van der Waals surface area contributed by atoms with Gasteiger partial charge in [-0.15, -0.1) is 10.2 Å². The van der Waals surface area contributed by atoms with Gasteiger partial charge in [-0.3, -0.25) is 14.3 Å². The monoisotopic (exact) mass is 423 g/mol. The minimum atomic E-state index is -0.138. The van der Waals surface area contributed by atoms with Crippen LogP contribution in [-0.2, 0) is 4.79 Å². The Hall–Kier alpha value is -3.07. The summed E-state index contributed by atoms with van der Waals surface area (Å²) in [5.74, 6) is 2.50. The number of hydrogen-bond donors (Lipinski definition) is 1. The maximum Gasteiger partial charge on any atom is 0.231 e. The minimum Gasteiger partial charge on any atom is -0.454 e. The number of carbonyl (C=O) groups excluding carboxylic acids is 1. The van der Waals surface area contributed by atoms with E-state index in [-0.39, 0.29) is 24.5 Å². The van der Waals surface area contributed by atoms with Gasteiger partial charge in [0.15, 0.2) is 22.5 Å². The van der Waals surface area contributed by atoms with Crippen molar-refractivity contribution in [2.75, 3.05) is 12.5 Å². The molecule has 1 aromatic carbocycles. The normalized spacial score (nSPS) is 15.8. The third-order valence-corrected chi connectivity index (χ3v) is 6.06. The predicted octanol–water partition coefficient (Wildman–Crippen LogP) is 3.37. The standard InChI is InChI=1S/C21H21N5O3S/c1-13(15-2-5-17-18(10-15)29-12-28-17)23-19(27)11-30-21-25-24-20(26(21)16-3-4-16)14-6-8-22-9-7-14/h2,5-10,13,16H,3-4,11-12H2,1H3,(H,23,27)/t13-/m0/s1. The zero-order valence-electron chi connectivity index (χ0n) is 16.4. The van der Waals surface area contributed by atoms with Gasteiger partial charge in [-0.05, 0) is 49.6 Å². The van der Waals surface area contributed by atoms with Crippen LogP contribution in [0.3, 0.4) is 0 Å². The molecule has 1 atom stereocenters. The van der Waals surface area contributed by atoms with Gasteiger partial charge in [0, 0.05) is 24.0 Å². The molecule has 2 aromatic heterocycles. The smallest absolute Gasteiger partial charge is 0.231 e. The van der Waals surface area contributed by atoms with E-state index in [2.05, 4.69) is 25.1 Å². The number of hydrogen-bond acceptors (Lipinski definition) is 7. The van der Waals surface area contributed by atoms with E-state index in [1.54, 1.807) is 12.4 Å². The van der Waals surface area contributed by atoms with Gasteiger partial charge in [0.2, 0.25) is 12.7 Å². The van der Waals surface area contributed by atoms with Crippen LogP contribution in [0.2, 0.25) is 0 Å². The molecule has 3 aromatic rings. The summed E-state index contributed by atoms with van der Waals surface area (Å²) < 4.78 is 12.9. The number of thioether (sulfide) groups is 1. The van der Waals surface area contributed by atoms with Crippen LogP contribution in [-0.4, -0.2) is 38.2 Å². The number of fused-ring (bicyclic) bond motifs is 1. The average molecular weight is 423 g/mol. The van der Waals surface area contributed by atoms with Gasteiger partial charge in [0.05, 0.1) is 11.8 Å². The summed E-state index contributed by atoms with van der Waals surface area (Å²) >= 11 is 1.41. The van der Waals surface area contributed by atoms with Crippen molar-refractivity contribution in [2.45, 2.75) is 37.0 Å². The molecule has 1 aliphatic carbocycles. The van der Waals surface area contributed by atoms with Gasteiger partial charge in [0.25, 0.3) is 0 Å². The Morgan fingerprint density at radius 1 is 1.20 bits per heavy atom. The first-order valence-electron chi connectivity index (χ1n) is 9.86. The predicted molar refractivity (Wildman–Crippen MR) is 111 cm³/mol. The molecule has 30 heavy (non-hydrogen) atoms. The Balaban J connectivity index is 1.24. The van der Waals surface area contributed by atoms with E-state index in [9.17, 15) is 4.79 Å². The fraction of sp³-hybridized carbons (Fsp3) is 0.333. The zero-order chi connectivity index (χ0) is 20.5. The van der Waals surface area contributed by atoms with E-state index in [0.29, 0.717) is 11.8 Å². The van der Waals surface area contributed by atoms with E-state index >= 15 is 0 Å². The Kier molecular flexibility index (Phi) is 5.04. The van der Waals surface area contributed by atoms with Crippen LogP contribution in [0.25, 0.3) is 11.4 Å². The molecule has 0 radical (unpaired) electrons. The number of rotatable bonds is 7. The van der Waals surface area contributed by atoms with E-state index < -0.39 is 0 Å². The summed E-state index contributed by atoms with van der Waals surface area (Å²) in [6, 6.07) is 9.84. The van der Waals surface area contributed by atoms with Crippen LogP contribution in [0.1, 0.15) is 37.4 Å². The molecule has 1 N–H and O–H groups in total. The molecule has 0 saturated heterocycles. The summed E-state index contributed by atoms with van der Waals surface area (Å²) in [7, 11) is 0. The highest BCUT2D eigenvalue weighted by Crippen LogP contribution is 2.41. The van der Waals surface area contributed by atoms with Gasteiger partial charge in [-0.1, -0.05) is 17.8 Å². The molecule has 154 valence electrons. The molecule has 1 amide bonds. The number of ether oxygens (including phenoxy) is 2. The van der Waals surface area contributed by atoms with E-state index in [1.165, 1.54) is 11.8 Å². The van der Waals surface area contributed by atoms with Crippen LogP contribution in [0.15, 0.2) is 47.9 Å². The number of carbonyl (C=O) groups is 1. The molecule has 0 bridgehead atoms. The maximum absolute atomic E-state index is 12.6. The SMILES string of the molecule is C[C@H](NC(=O)CSc1nnc(-c2ccncc2)n1C1CC1)c1ccc2c(c1)OCO2. The summed E-state index contributed by atoms with van der Waals surface area (Å²) in [4.78, 5) is 16.6. The summed E-state index contributed by atoms with van der Waals surface area (Å²) in [5.41, 5.74) is 1.95. The number of amides is 1. The van der Waals surface area contributed by atoms with E-state index in [1.807, 2.05) is 37.3 Å². The van der Waals surface area contributed by atoms with Crippen molar-refractivity contribution in [1.29, 1.82) is 0 Å². The van der Waals surface area contributed by atoms with Gasteiger partial charge < -0.3 is 14.8 Å². The molecule has 1 fully saturated rings. The molecule has 2 aliphatic rings. The highest BCUT2D eigenvalue weighted by atomic mass is 32.2. The van der Waals surface area contributed by atoms with Crippen molar-refractivity contribution >= 4 is 17.7 Å². The Morgan fingerprint density at radius 3 is 2.80 bits per heavy atom. The fourth-order valence-corrected chi connectivity index (χ4v) is 4.23. The van der Waals surface area contributed by atoms with Crippen molar-refractivity contribution in [2.24, 2.45) is 0 Å². The Morgan fingerprint density at radius 2 is 2.00 bits per heavy atom. The average Bonchev–Trinajstić information content (AvgIpc) is 3.34. The highest BCUT2D eigenvalue weighted by Gasteiger charge is 2.30. The first-order chi connectivity index (χ1) is 14.7. The highest BCUT2D eigenvalue weighted by molar-refractivity contribution is 7.99. The summed E-state index contributed by atoms with van der Waals surface area (Å²) in [6.07, 6.45) is 5.71. The molecule has 8 nitrogen and oxygen atoms in total. The third-order valence-electron chi connectivity index (χ3n) is 5.12. The topological polar surface area (TPSA) is 91.2 Å². The molecule has 1 saturated carbocycles. The van der Waals surface area contributed by atoms with Gasteiger partial charge in [-0.2, -0.15) is 0 Å². The van der Waals surface area contributed by atoms with E-state index in [4.69, 9.17) is 9.47 Å². The van der Waals surface area contributed by atoms with E-state index in [0.717, 1.165) is 40.7 Å². The lowest BCUT2D eigenvalue weighted by Gasteiger charge is -2.15. The number of aromatic nitrogens is 4. The van der Waals surface area contributed by atoms with Crippen molar-refractivity contribution in [3.05, 3.63) is 48.3 Å². The van der Waals surface area contributed by atoms with Crippen molar-refractivity contribution in [3.8, 4) is 22.9 Å². The van der Waals surface area contributed by atoms with Crippen LogP contribution in [0, 0.1) is 0 Å². The number of benzene rings is 1. The van der Waals surface area contributed by atoms with Crippen LogP contribution in [0.5, 0.6) is 11.5 Å². The molecular weight excluding hydrogens is 402 g/mol. The van der Waals surface area contributed by atoms with Crippen molar-refractivity contribution < 1.29 is 14.3 Å². The second-order valence-electron chi connectivity index (χ2n) is 7.33. The lowest BCUT2D eigenvalue weighted by Crippen LogP contribution is -2.28. The molecule has 0 spiro atoms. The first-order valence-corrected chi connectivity index (χ1v) is 10.8. The fourth-order valence-electron chi connectivity index (χ4n) is 3.41. The maximum atomic E-state index is 12.6. The summed E-state index contributed by atoms with van der Waals surface area (Å²) in [6.45, 7) is 2.19. The van der Waals surface area contributed by atoms with Crippen LogP contribution < -0.4 is 14.8 Å². The second-order valence-corrected chi connectivity index (χ2v) is 8.28. The third kappa shape index (κ3) is 3.85. The first kappa shape index (κ1) is 18.9. The number of nitrogens with zero attached hydrogens (tertiary/aromatic N) is 4. The number of nitrogens with one attached hydrogen (secondary N) is 1. The lowest BCUT2D eigenvalue weighted by atomic mass is 10.1. The van der Waals surface area contributed by atoms with Crippen LogP contribution >= 0.6 is 11.8 Å². The van der Waals surface area contributed by atoms with Crippen molar-refractivity contribution in [1.82, 2.24) is 25.1 Å². The van der Waals surface area contributed by atoms with Gasteiger partial charge >= 0.3 is 0 Å². The Bertz CT molecular complexity index is 1070. The molecule has 0 unspecified atom stereocenters. The minimum absolute atomic E-state index is 0.0547. The zero-order valence-corrected chi connectivity index (χ0v) is 17.3. The largest absolute Gasteiger partial charge is 0.454 e. The molecular formula is C21H21N5O3S. The molecule has 9 heteroatoms. The quantitative estimate of drug-likeness (QED) is 0.583. The molecule has 5 rings (SSSR count). The number of pyridine rings is 1. The van der Waals surface area contributed by atoms with Crippen LogP contribution in [0.4, 0.5) is 0 Å². The summed E-state index contributed by atoms with van der Waals surface area (Å²) in [5, 5.41) is 12.5. The van der Waals surface area contributed by atoms with Gasteiger partial charge in [-0.25, -0.2) is 0 Å². The van der Waals surface area contributed by atoms with Crippen molar-refractivity contribution in [3.63, 3.8) is 0 Å². The molecule has 1 aliphatic heterocycles.